The van der Waals surface area contributed by atoms with Crippen LogP contribution in [-0.2, 0) is 0 Å². The lowest BCUT2D eigenvalue weighted by Crippen LogP contribution is -2.03. The van der Waals surface area contributed by atoms with Gasteiger partial charge in [-0.2, -0.15) is 0 Å². The summed E-state index contributed by atoms with van der Waals surface area (Å²) in [5.74, 6) is 0.576. The minimum Gasteiger partial charge on any atom is -0.396 e. The molecule has 0 saturated heterocycles. The van der Waals surface area contributed by atoms with Crippen LogP contribution >= 0.6 is 0 Å². The van der Waals surface area contributed by atoms with Crippen molar-refractivity contribution in [2.75, 3.05) is 6.61 Å². The van der Waals surface area contributed by atoms with Gasteiger partial charge >= 0.3 is 0 Å². The third-order valence-electron chi connectivity index (χ3n) is 2.03. The Morgan fingerprint density at radius 1 is 1.44 bits per heavy atom. The fraction of sp³-hybridized carbons (Fsp3) is 0.875. The van der Waals surface area contributed by atoms with Crippen LogP contribution in [0.5, 0.6) is 0 Å². The Balaban J connectivity index is 2.18. The Morgan fingerprint density at radius 3 is 3.11 bits per heavy atom. The average Bonchev–Trinajstić information content (AvgIpc) is 2.13. The molecule has 1 rings (SSSR count). The molecule has 0 spiro atoms. The van der Waals surface area contributed by atoms with Crippen molar-refractivity contribution in [1.82, 2.24) is 0 Å². The van der Waals surface area contributed by atoms with Gasteiger partial charge in [-0.05, 0) is 25.2 Å². The third kappa shape index (κ3) is 2.35. The van der Waals surface area contributed by atoms with Crippen LogP contribution in [0.3, 0.4) is 0 Å². The van der Waals surface area contributed by atoms with Crippen molar-refractivity contribution in [3.8, 4) is 0 Å². The number of hydrogen-bond donors (Lipinski definition) is 1. The Bertz CT molecular complexity index is 63.0. The first kappa shape index (κ1) is 7.07. The predicted octanol–water partition coefficient (Wildman–Crippen LogP) is 1.76. The molecule has 9 heavy (non-hydrogen) atoms. The van der Waals surface area contributed by atoms with E-state index in [1.807, 2.05) is 0 Å². The molecule has 1 aliphatic carbocycles. The minimum atomic E-state index is 0.385. The van der Waals surface area contributed by atoms with Gasteiger partial charge in [-0.1, -0.05) is 19.3 Å². The molecule has 0 heterocycles. The molecule has 1 unspecified atom stereocenters. The molecule has 0 aromatic carbocycles. The maximum absolute atomic E-state index is 8.80. The molecule has 1 nitrogen and oxygen atoms in total. The van der Waals surface area contributed by atoms with E-state index < -0.39 is 0 Å². The third-order valence-corrected chi connectivity index (χ3v) is 2.03. The Kier molecular flexibility index (Phi) is 3.05. The monoisotopic (exact) mass is 127 g/mol. The second kappa shape index (κ2) is 3.89. The fourth-order valence-corrected chi connectivity index (χ4v) is 1.36. The van der Waals surface area contributed by atoms with E-state index in [0.717, 1.165) is 6.42 Å². The van der Waals surface area contributed by atoms with E-state index in [1.54, 1.807) is 0 Å². The quantitative estimate of drug-likeness (QED) is 0.532. The van der Waals surface area contributed by atoms with Gasteiger partial charge in [0.1, 0.15) is 0 Å². The van der Waals surface area contributed by atoms with Crippen LogP contribution in [0.15, 0.2) is 0 Å². The highest BCUT2D eigenvalue weighted by atomic mass is 16.3. The molecule has 1 heteroatoms. The van der Waals surface area contributed by atoms with Crippen LogP contribution in [0.2, 0.25) is 0 Å². The van der Waals surface area contributed by atoms with E-state index in [1.165, 1.54) is 25.7 Å². The van der Waals surface area contributed by atoms with Crippen molar-refractivity contribution < 1.29 is 5.11 Å². The van der Waals surface area contributed by atoms with Crippen LogP contribution in [0.4, 0.5) is 0 Å². The van der Waals surface area contributed by atoms with Crippen molar-refractivity contribution in [1.29, 1.82) is 0 Å². The zero-order chi connectivity index (χ0) is 6.53. The van der Waals surface area contributed by atoms with Gasteiger partial charge in [-0.3, -0.25) is 0 Å². The summed E-state index contributed by atoms with van der Waals surface area (Å²) in [6.07, 6.45) is 8.58. The summed E-state index contributed by atoms with van der Waals surface area (Å²) >= 11 is 0. The Hall–Kier alpha value is -0.0400. The van der Waals surface area contributed by atoms with E-state index in [2.05, 4.69) is 6.42 Å². The van der Waals surface area contributed by atoms with Crippen LogP contribution < -0.4 is 0 Å². The van der Waals surface area contributed by atoms with Gasteiger partial charge in [0.2, 0.25) is 0 Å². The molecule has 1 N–H and O–H groups in total. The largest absolute Gasteiger partial charge is 0.396 e. The van der Waals surface area contributed by atoms with Gasteiger partial charge in [-0.25, -0.2) is 0 Å². The highest BCUT2D eigenvalue weighted by molar-refractivity contribution is 4.74. The summed E-state index contributed by atoms with van der Waals surface area (Å²) in [6.45, 7) is 0.385. The summed E-state index contributed by atoms with van der Waals surface area (Å²) < 4.78 is 0. The molecule has 1 saturated carbocycles. The van der Waals surface area contributed by atoms with Crippen molar-refractivity contribution in [2.24, 2.45) is 5.92 Å². The average molecular weight is 127 g/mol. The summed E-state index contributed by atoms with van der Waals surface area (Å²) in [6, 6.07) is 0. The maximum Gasteiger partial charge on any atom is 0.0459 e. The van der Waals surface area contributed by atoms with Gasteiger partial charge in [0, 0.05) is 6.61 Å². The standard InChI is InChI=1S/C8H15O/c9-7-8-5-3-1-2-4-6-8/h3,8-9H,1-2,4-7H2. The summed E-state index contributed by atoms with van der Waals surface area (Å²) in [4.78, 5) is 0. The zero-order valence-corrected chi connectivity index (χ0v) is 5.84. The molecule has 1 aliphatic rings. The second-order valence-corrected chi connectivity index (χ2v) is 2.86. The molecule has 0 aromatic heterocycles. The maximum atomic E-state index is 8.80. The van der Waals surface area contributed by atoms with Gasteiger partial charge in [0.05, 0.1) is 0 Å². The van der Waals surface area contributed by atoms with E-state index in [0.29, 0.717) is 12.5 Å². The molecule has 1 atom stereocenters. The first-order valence-corrected chi connectivity index (χ1v) is 3.86. The molecule has 1 radical (unpaired) electrons. The Morgan fingerprint density at radius 2 is 2.33 bits per heavy atom. The molecular formula is C8H15O. The zero-order valence-electron chi connectivity index (χ0n) is 5.84. The highest BCUT2D eigenvalue weighted by Gasteiger charge is 2.09. The number of rotatable bonds is 1. The predicted molar refractivity (Wildman–Crippen MR) is 38.0 cm³/mol. The lowest BCUT2D eigenvalue weighted by Gasteiger charge is -2.07. The van der Waals surface area contributed by atoms with E-state index in [-0.39, 0.29) is 0 Å². The van der Waals surface area contributed by atoms with Crippen LogP contribution in [0.1, 0.15) is 32.1 Å². The molecule has 1 fully saturated rings. The topological polar surface area (TPSA) is 20.2 Å². The number of aliphatic hydroxyl groups excluding tert-OH is 1. The van der Waals surface area contributed by atoms with E-state index in [4.69, 9.17) is 5.11 Å². The van der Waals surface area contributed by atoms with E-state index in [9.17, 15) is 0 Å². The van der Waals surface area contributed by atoms with Gasteiger partial charge in [0.25, 0.3) is 0 Å². The molecule has 0 bridgehead atoms. The van der Waals surface area contributed by atoms with Crippen LogP contribution in [0.25, 0.3) is 0 Å². The lowest BCUT2D eigenvalue weighted by atomic mass is 10.0. The normalized spacial score (nSPS) is 23.7. The highest BCUT2D eigenvalue weighted by Crippen LogP contribution is 2.20. The van der Waals surface area contributed by atoms with Gasteiger partial charge in [0.15, 0.2) is 0 Å². The second-order valence-electron chi connectivity index (χ2n) is 2.86. The lowest BCUT2D eigenvalue weighted by molar-refractivity contribution is 0.218. The molecule has 0 aromatic rings. The molecule has 53 valence electrons. The molecule has 0 amide bonds. The number of aliphatic hydroxyl groups is 1. The van der Waals surface area contributed by atoms with Crippen molar-refractivity contribution in [3.63, 3.8) is 0 Å². The summed E-state index contributed by atoms with van der Waals surface area (Å²) in [7, 11) is 0. The van der Waals surface area contributed by atoms with Crippen molar-refractivity contribution in [3.05, 3.63) is 6.42 Å². The fourth-order valence-electron chi connectivity index (χ4n) is 1.36. The Labute approximate surface area is 57.1 Å². The van der Waals surface area contributed by atoms with Crippen LogP contribution in [0, 0.1) is 12.3 Å². The minimum absolute atomic E-state index is 0.385. The first-order valence-electron chi connectivity index (χ1n) is 3.86. The SMILES string of the molecule is OCC1C[CH]CCCC1. The smallest absolute Gasteiger partial charge is 0.0459 e. The van der Waals surface area contributed by atoms with Gasteiger partial charge in [-0.15, -0.1) is 0 Å². The molecular weight excluding hydrogens is 112 g/mol. The summed E-state index contributed by atoms with van der Waals surface area (Å²) in [5.41, 5.74) is 0. The number of hydrogen-bond acceptors (Lipinski definition) is 1. The van der Waals surface area contributed by atoms with Crippen molar-refractivity contribution in [2.45, 2.75) is 32.1 Å². The summed E-state index contributed by atoms with van der Waals surface area (Å²) in [5, 5.41) is 8.80. The molecule has 0 aliphatic heterocycles. The van der Waals surface area contributed by atoms with E-state index >= 15 is 0 Å². The van der Waals surface area contributed by atoms with Crippen molar-refractivity contribution >= 4 is 0 Å². The first-order chi connectivity index (χ1) is 4.43. The van der Waals surface area contributed by atoms with Crippen LogP contribution in [-0.4, -0.2) is 11.7 Å². The van der Waals surface area contributed by atoms with Gasteiger partial charge < -0.3 is 5.11 Å².